The Morgan fingerprint density at radius 1 is 1.03 bits per heavy atom. The summed E-state index contributed by atoms with van der Waals surface area (Å²) in [6.45, 7) is 13.6. The van der Waals surface area contributed by atoms with Crippen molar-refractivity contribution in [2.45, 2.75) is 77.7 Å². The number of hydrogen-bond donors (Lipinski definition) is 1. The van der Waals surface area contributed by atoms with Crippen molar-refractivity contribution in [1.29, 1.82) is 0 Å². The summed E-state index contributed by atoms with van der Waals surface area (Å²) in [7, 11) is 1.69. The maximum absolute atomic E-state index is 5.82. The first-order chi connectivity index (χ1) is 14.2. The van der Waals surface area contributed by atoms with Gasteiger partial charge in [-0.3, -0.25) is 9.88 Å². The molecule has 0 unspecified atom stereocenters. The number of methoxy groups -OCH3 is 1. The Bertz CT molecular complexity index is 804. The fourth-order valence-corrected chi connectivity index (χ4v) is 4.89. The van der Waals surface area contributed by atoms with Crippen molar-refractivity contribution >= 4 is 0 Å². The number of nitrogens with one attached hydrogen (secondary N) is 1. The number of pyridine rings is 1. The highest BCUT2D eigenvalue weighted by atomic mass is 16.5. The van der Waals surface area contributed by atoms with E-state index in [9.17, 15) is 0 Å². The summed E-state index contributed by atoms with van der Waals surface area (Å²) in [5.74, 6) is 1.59. The summed E-state index contributed by atoms with van der Waals surface area (Å²) in [6, 6.07) is 10.9. The summed E-state index contributed by atoms with van der Waals surface area (Å²) in [6.07, 6.45) is 6.02. The maximum Gasteiger partial charge on any atom is 0.161 e. The van der Waals surface area contributed by atoms with Crippen LogP contribution in [-0.2, 0) is 13.1 Å². The average molecular weight is 412 g/mol. The second-order valence-electron chi connectivity index (χ2n) is 9.64. The van der Waals surface area contributed by atoms with E-state index >= 15 is 0 Å². The third-order valence-corrected chi connectivity index (χ3v) is 5.71. The molecule has 164 valence electrons. The number of aromatic nitrogens is 1. The molecule has 0 radical (unpaired) electrons. The van der Waals surface area contributed by atoms with Crippen molar-refractivity contribution in [2.75, 3.05) is 13.7 Å². The lowest BCUT2D eigenvalue weighted by molar-refractivity contribution is 0.0562. The highest BCUT2D eigenvalue weighted by Gasteiger charge is 2.39. The van der Waals surface area contributed by atoms with E-state index in [1.807, 2.05) is 31.5 Å². The first-order valence-electron chi connectivity index (χ1n) is 10.9. The zero-order valence-electron chi connectivity index (χ0n) is 19.4. The van der Waals surface area contributed by atoms with E-state index in [0.29, 0.717) is 12.6 Å². The van der Waals surface area contributed by atoms with Gasteiger partial charge in [0.2, 0.25) is 0 Å². The highest BCUT2D eigenvalue weighted by molar-refractivity contribution is 5.43. The van der Waals surface area contributed by atoms with Crippen LogP contribution in [0.15, 0.2) is 42.7 Å². The molecule has 1 aromatic carbocycles. The summed E-state index contributed by atoms with van der Waals surface area (Å²) in [5, 5.41) is 3.81. The SMILES string of the molecule is CCOc1cc(CN(Cc2cccnc2)C2CC(C)(C)NC(C)(C)C2)ccc1OC. The van der Waals surface area contributed by atoms with Crippen molar-refractivity contribution in [2.24, 2.45) is 0 Å². The first-order valence-corrected chi connectivity index (χ1v) is 10.9. The van der Waals surface area contributed by atoms with Gasteiger partial charge in [-0.1, -0.05) is 12.1 Å². The average Bonchev–Trinajstić information content (AvgIpc) is 2.66. The lowest BCUT2D eigenvalue weighted by atomic mass is 9.79. The molecular formula is C25H37N3O2. The van der Waals surface area contributed by atoms with E-state index in [1.165, 1.54) is 11.1 Å². The third-order valence-electron chi connectivity index (χ3n) is 5.71. The molecule has 0 spiro atoms. The third kappa shape index (κ3) is 5.96. The van der Waals surface area contributed by atoms with Gasteiger partial charge in [0.15, 0.2) is 11.5 Å². The van der Waals surface area contributed by atoms with Crippen molar-refractivity contribution in [3.63, 3.8) is 0 Å². The fourth-order valence-electron chi connectivity index (χ4n) is 4.89. The van der Waals surface area contributed by atoms with Gasteiger partial charge in [-0.05, 0) is 76.8 Å². The number of piperidine rings is 1. The van der Waals surface area contributed by atoms with E-state index in [1.54, 1.807) is 7.11 Å². The topological polar surface area (TPSA) is 46.6 Å². The number of nitrogens with zero attached hydrogens (tertiary/aromatic N) is 2. The smallest absolute Gasteiger partial charge is 0.161 e. The van der Waals surface area contributed by atoms with Crippen LogP contribution in [0.3, 0.4) is 0 Å². The molecule has 2 aromatic rings. The van der Waals surface area contributed by atoms with Crippen LogP contribution < -0.4 is 14.8 Å². The number of hydrogen-bond acceptors (Lipinski definition) is 5. The Morgan fingerprint density at radius 2 is 1.73 bits per heavy atom. The molecule has 5 nitrogen and oxygen atoms in total. The van der Waals surface area contributed by atoms with Crippen molar-refractivity contribution in [3.05, 3.63) is 53.9 Å². The van der Waals surface area contributed by atoms with Crippen LogP contribution in [0.2, 0.25) is 0 Å². The summed E-state index contributed by atoms with van der Waals surface area (Å²) >= 11 is 0. The second-order valence-corrected chi connectivity index (χ2v) is 9.64. The molecular weight excluding hydrogens is 374 g/mol. The zero-order chi connectivity index (χ0) is 21.8. The van der Waals surface area contributed by atoms with Crippen molar-refractivity contribution in [1.82, 2.24) is 15.2 Å². The van der Waals surface area contributed by atoms with Gasteiger partial charge in [-0.25, -0.2) is 0 Å². The van der Waals surface area contributed by atoms with Crippen LogP contribution in [0.4, 0.5) is 0 Å². The monoisotopic (exact) mass is 411 g/mol. The van der Waals surface area contributed by atoms with Crippen LogP contribution >= 0.6 is 0 Å². The lowest BCUT2D eigenvalue weighted by Gasteiger charge is -2.49. The van der Waals surface area contributed by atoms with Gasteiger partial charge < -0.3 is 14.8 Å². The molecule has 1 saturated heterocycles. The van der Waals surface area contributed by atoms with Crippen LogP contribution in [0.25, 0.3) is 0 Å². The fraction of sp³-hybridized carbons (Fsp3) is 0.560. The van der Waals surface area contributed by atoms with Gasteiger partial charge in [0.05, 0.1) is 13.7 Å². The Morgan fingerprint density at radius 3 is 2.33 bits per heavy atom. The number of benzene rings is 1. The quantitative estimate of drug-likeness (QED) is 0.676. The normalized spacial score (nSPS) is 18.4. The molecule has 1 aliphatic heterocycles. The Hall–Kier alpha value is -2.11. The Labute approximate surface area is 181 Å². The molecule has 0 atom stereocenters. The van der Waals surface area contributed by atoms with Crippen molar-refractivity contribution in [3.8, 4) is 11.5 Å². The molecule has 1 aromatic heterocycles. The molecule has 0 bridgehead atoms. The zero-order valence-corrected chi connectivity index (χ0v) is 19.4. The number of rotatable bonds is 8. The molecule has 1 aliphatic rings. The van der Waals surface area contributed by atoms with Crippen LogP contribution in [0.5, 0.6) is 11.5 Å². The van der Waals surface area contributed by atoms with Crippen LogP contribution in [-0.4, -0.2) is 40.7 Å². The summed E-state index contributed by atoms with van der Waals surface area (Å²) in [4.78, 5) is 6.93. The van der Waals surface area contributed by atoms with Gasteiger partial charge in [-0.2, -0.15) is 0 Å². The number of ether oxygens (including phenoxy) is 2. The van der Waals surface area contributed by atoms with Crippen LogP contribution in [0.1, 0.15) is 58.6 Å². The molecule has 1 N–H and O–H groups in total. The Balaban J connectivity index is 1.89. The van der Waals surface area contributed by atoms with E-state index in [2.05, 4.69) is 61.1 Å². The molecule has 0 aliphatic carbocycles. The molecule has 3 rings (SSSR count). The standard InChI is InChI=1S/C25H37N3O2/c1-7-30-23-13-19(10-11-22(23)29-6)17-28(18-20-9-8-12-26-16-20)21-14-24(2,3)27-25(4,5)15-21/h8-13,16,21,27H,7,14-15,17-18H2,1-6H3. The van der Waals surface area contributed by atoms with Gasteiger partial charge in [0, 0.05) is 42.6 Å². The van der Waals surface area contributed by atoms with Gasteiger partial charge in [0.25, 0.3) is 0 Å². The predicted octanol–water partition coefficient (Wildman–Crippen LogP) is 4.80. The van der Waals surface area contributed by atoms with E-state index in [4.69, 9.17) is 9.47 Å². The molecule has 1 fully saturated rings. The minimum absolute atomic E-state index is 0.0932. The molecule has 0 saturated carbocycles. The summed E-state index contributed by atoms with van der Waals surface area (Å²) < 4.78 is 11.3. The van der Waals surface area contributed by atoms with E-state index in [0.717, 1.165) is 37.4 Å². The van der Waals surface area contributed by atoms with E-state index < -0.39 is 0 Å². The molecule has 2 heterocycles. The van der Waals surface area contributed by atoms with Crippen molar-refractivity contribution < 1.29 is 9.47 Å². The highest BCUT2D eigenvalue weighted by Crippen LogP contribution is 2.34. The Kier molecular flexibility index (Phi) is 7.04. The molecule has 0 amide bonds. The predicted molar refractivity (Wildman–Crippen MR) is 122 cm³/mol. The van der Waals surface area contributed by atoms with Crippen LogP contribution in [0, 0.1) is 0 Å². The minimum atomic E-state index is 0.0932. The summed E-state index contributed by atoms with van der Waals surface area (Å²) in [5.41, 5.74) is 2.66. The lowest BCUT2D eigenvalue weighted by Crippen LogP contribution is -2.62. The first kappa shape index (κ1) is 22.6. The van der Waals surface area contributed by atoms with E-state index in [-0.39, 0.29) is 11.1 Å². The van der Waals surface area contributed by atoms with Gasteiger partial charge >= 0.3 is 0 Å². The minimum Gasteiger partial charge on any atom is -0.493 e. The largest absolute Gasteiger partial charge is 0.493 e. The van der Waals surface area contributed by atoms with Gasteiger partial charge in [-0.15, -0.1) is 0 Å². The molecule has 30 heavy (non-hydrogen) atoms. The molecule has 5 heteroatoms. The second kappa shape index (κ2) is 9.36. The van der Waals surface area contributed by atoms with Gasteiger partial charge in [0.1, 0.15) is 0 Å². The maximum atomic E-state index is 5.82.